The van der Waals surface area contributed by atoms with E-state index in [9.17, 15) is 4.79 Å². The topological polar surface area (TPSA) is 63.8 Å². The average Bonchev–Trinajstić information content (AvgIpc) is 3.06. The quantitative estimate of drug-likeness (QED) is 0.573. The molecule has 3 rings (SSSR count). The summed E-state index contributed by atoms with van der Waals surface area (Å²) < 4.78 is 10.8. The number of amides is 1. The van der Waals surface area contributed by atoms with E-state index in [0.717, 1.165) is 10.9 Å². The zero-order valence-electron chi connectivity index (χ0n) is 13.1. The third-order valence-electron chi connectivity index (χ3n) is 3.37. The molecule has 0 bridgehead atoms. The third-order valence-corrected chi connectivity index (χ3v) is 3.37. The number of nitrogens with one attached hydrogen (secondary N) is 1. The number of hydrogen-bond acceptors (Lipinski definition) is 4. The molecule has 0 aliphatic carbocycles. The number of benzene rings is 2. The van der Waals surface area contributed by atoms with Crippen molar-refractivity contribution in [2.75, 3.05) is 7.11 Å². The van der Waals surface area contributed by atoms with Gasteiger partial charge in [-0.2, -0.15) is 5.10 Å². The Balaban J connectivity index is 1.65. The Labute approximate surface area is 139 Å². The van der Waals surface area contributed by atoms with Crippen molar-refractivity contribution < 1.29 is 13.9 Å². The highest BCUT2D eigenvalue weighted by atomic mass is 16.5. The van der Waals surface area contributed by atoms with Crippen molar-refractivity contribution in [1.82, 2.24) is 5.43 Å². The molecule has 0 radical (unpaired) electrons. The summed E-state index contributed by atoms with van der Waals surface area (Å²) in [4.78, 5) is 12.1. The summed E-state index contributed by atoms with van der Waals surface area (Å²) in [5.74, 6) is 0.345. The normalized spacial score (nSPS) is 11.4. The number of ether oxygens (including phenoxy) is 1. The molecule has 0 aliphatic rings. The van der Waals surface area contributed by atoms with Gasteiger partial charge in [0.15, 0.2) is 17.1 Å². The van der Waals surface area contributed by atoms with Crippen molar-refractivity contribution in [3.05, 3.63) is 72.0 Å². The highest BCUT2D eigenvalue weighted by Gasteiger charge is 2.13. The predicted molar refractivity (Wildman–Crippen MR) is 94.2 cm³/mol. The number of furan rings is 1. The van der Waals surface area contributed by atoms with Gasteiger partial charge in [0.05, 0.1) is 7.11 Å². The highest BCUT2D eigenvalue weighted by molar-refractivity contribution is 5.97. The van der Waals surface area contributed by atoms with Crippen molar-refractivity contribution in [3.8, 4) is 5.75 Å². The molecular formula is C19H16N2O3. The summed E-state index contributed by atoms with van der Waals surface area (Å²) in [7, 11) is 1.56. The number of hydrogen-bond donors (Lipinski definition) is 1. The fourth-order valence-electron chi connectivity index (χ4n) is 2.22. The van der Waals surface area contributed by atoms with Crippen molar-refractivity contribution in [2.24, 2.45) is 5.10 Å². The molecule has 1 aromatic heterocycles. The number of rotatable bonds is 5. The van der Waals surface area contributed by atoms with Gasteiger partial charge in [-0.3, -0.25) is 4.79 Å². The van der Waals surface area contributed by atoms with Gasteiger partial charge in [-0.1, -0.05) is 48.5 Å². The van der Waals surface area contributed by atoms with Gasteiger partial charge >= 0.3 is 5.91 Å². The molecule has 0 saturated heterocycles. The molecule has 0 saturated carbocycles. The van der Waals surface area contributed by atoms with Crippen LogP contribution < -0.4 is 10.2 Å². The van der Waals surface area contributed by atoms with E-state index in [-0.39, 0.29) is 5.76 Å². The Morgan fingerprint density at radius 1 is 1.17 bits per heavy atom. The Kier molecular flexibility index (Phi) is 4.72. The van der Waals surface area contributed by atoms with Gasteiger partial charge in [0.2, 0.25) is 0 Å². The fraction of sp³-hybridized carbons (Fsp3) is 0.0526. The summed E-state index contributed by atoms with van der Waals surface area (Å²) in [5, 5.41) is 4.67. The van der Waals surface area contributed by atoms with E-state index in [4.69, 9.17) is 9.15 Å². The molecule has 3 aromatic rings. The number of nitrogens with zero attached hydrogens (tertiary/aromatic N) is 1. The summed E-state index contributed by atoms with van der Waals surface area (Å²) in [6, 6.07) is 16.9. The number of carbonyl (C=O) groups excluding carboxylic acids is 1. The third kappa shape index (κ3) is 3.52. The lowest BCUT2D eigenvalue weighted by atomic mass is 10.2. The zero-order valence-corrected chi connectivity index (χ0v) is 13.1. The van der Waals surface area contributed by atoms with Crippen LogP contribution in [0.1, 0.15) is 16.1 Å². The lowest BCUT2D eigenvalue weighted by Gasteiger charge is -1.98. The molecule has 120 valence electrons. The Morgan fingerprint density at radius 3 is 2.79 bits per heavy atom. The van der Waals surface area contributed by atoms with Crippen LogP contribution in [-0.4, -0.2) is 19.2 Å². The molecule has 5 heteroatoms. The molecule has 0 aliphatic heterocycles. The van der Waals surface area contributed by atoms with Crippen molar-refractivity contribution >= 4 is 29.2 Å². The SMILES string of the molecule is COc1cccc2cc(C(=O)NN=CC=Cc3ccccc3)oc12. The minimum atomic E-state index is -0.419. The van der Waals surface area contributed by atoms with E-state index in [0.29, 0.717) is 11.3 Å². The van der Waals surface area contributed by atoms with E-state index < -0.39 is 5.91 Å². The minimum absolute atomic E-state index is 0.179. The first-order valence-corrected chi connectivity index (χ1v) is 7.39. The number of fused-ring (bicyclic) bond motifs is 1. The van der Waals surface area contributed by atoms with E-state index in [1.807, 2.05) is 48.5 Å². The fourth-order valence-corrected chi connectivity index (χ4v) is 2.22. The van der Waals surface area contributed by atoms with Crippen LogP contribution in [0.15, 0.2) is 70.2 Å². The standard InChI is InChI=1S/C19H16N2O3/c1-23-16-11-5-10-15-13-17(24-18(15)16)19(22)21-20-12-6-9-14-7-3-2-4-8-14/h2-13H,1H3,(H,21,22). The Morgan fingerprint density at radius 2 is 2.00 bits per heavy atom. The molecule has 24 heavy (non-hydrogen) atoms. The summed E-state index contributed by atoms with van der Waals surface area (Å²) in [5.41, 5.74) is 4.02. The molecule has 5 nitrogen and oxygen atoms in total. The number of hydrazone groups is 1. The Hall–Kier alpha value is -3.34. The van der Waals surface area contributed by atoms with Crippen molar-refractivity contribution in [1.29, 1.82) is 0 Å². The Bertz CT molecular complexity index is 895. The average molecular weight is 320 g/mol. The minimum Gasteiger partial charge on any atom is -0.493 e. The largest absolute Gasteiger partial charge is 0.493 e. The molecule has 0 spiro atoms. The molecule has 1 N–H and O–H groups in total. The predicted octanol–water partition coefficient (Wildman–Crippen LogP) is 3.87. The summed E-state index contributed by atoms with van der Waals surface area (Å²) in [6.07, 6.45) is 5.15. The second kappa shape index (κ2) is 7.28. The molecule has 0 unspecified atom stereocenters. The summed E-state index contributed by atoms with van der Waals surface area (Å²) >= 11 is 0. The second-order valence-corrected chi connectivity index (χ2v) is 4.98. The maximum absolute atomic E-state index is 12.1. The van der Waals surface area contributed by atoms with Crippen molar-refractivity contribution in [3.63, 3.8) is 0 Å². The van der Waals surface area contributed by atoms with Crippen LogP contribution in [0.5, 0.6) is 5.75 Å². The molecular weight excluding hydrogens is 304 g/mol. The van der Waals surface area contributed by atoms with Crippen LogP contribution in [0, 0.1) is 0 Å². The summed E-state index contributed by atoms with van der Waals surface area (Å²) in [6.45, 7) is 0. The van der Waals surface area contributed by atoms with E-state index in [1.165, 1.54) is 6.21 Å². The molecule has 0 atom stereocenters. The molecule has 2 aromatic carbocycles. The van der Waals surface area contributed by atoms with Gasteiger partial charge < -0.3 is 9.15 Å². The van der Waals surface area contributed by atoms with Crippen molar-refractivity contribution in [2.45, 2.75) is 0 Å². The number of allylic oxidation sites excluding steroid dienone is 1. The first-order chi connectivity index (χ1) is 11.8. The molecule has 0 fully saturated rings. The van der Waals surface area contributed by atoms with Gasteiger partial charge in [0, 0.05) is 11.6 Å². The van der Waals surface area contributed by atoms with Gasteiger partial charge in [0.1, 0.15) is 0 Å². The van der Waals surface area contributed by atoms with Gasteiger partial charge in [0.25, 0.3) is 0 Å². The number of methoxy groups -OCH3 is 1. The first kappa shape index (κ1) is 15.6. The number of para-hydroxylation sites is 1. The lowest BCUT2D eigenvalue weighted by Crippen LogP contribution is -2.16. The van der Waals surface area contributed by atoms with E-state index in [1.54, 1.807) is 25.3 Å². The maximum Gasteiger partial charge on any atom is 0.307 e. The highest BCUT2D eigenvalue weighted by Crippen LogP contribution is 2.28. The number of carbonyl (C=O) groups is 1. The van der Waals surface area contributed by atoms with Crippen LogP contribution in [-0.2, 0) is 0 Å². The van der Waals surface area contributed by atoms with Crippen LogP contribution in [0.2, 0.25) is 0 Å². The van der Waals surface area contributed by atoms with Crippen LogP contribution >= 0.6 is 0 Å². The van der Waals surface area contributed by atoms with Crippen LogP contribution in [0.3, 0.4) is 0 Å². The smallest absolute Gasteiger partial charge is 0.307 e. The molecule has 1 amide bonds. The van der Waals surface area contributed by atoms with Gasteiger partial charge in [-0.15, -0.1) is 0 Å². The second-order valence-electron chi connectivity index (χ2n) is 4.98. The molecule has 1 heterocycles. The van der Waals surface area contributed by atoms with Crippen LogP contribution in [0.25, 0.3) is 17.0 Å². The van der Waals surface area contributed by atoms with Gasteiger partial charge in [-0.05, 0) is 23.8 Å². The maximum atomic E-state index is 12.1. The monoisotopic (exact) mass is 320 g/mol. The van der Waals surface area contributed by atoms with E-state index in [2.05, 4.69) is 10.5 Å². The van der Waals surface area contributed by atoms with E-state index >= 15 is 0 Å². The lowest BCUT2D eigenvalue weighted by molar-refractivity contribution is 0.0929. The van der Waals surface area contributed by atoms with Crippen LogP contribution in [0.4, 0.5) is 0 Å². The first-order valence-electron chi connectivity index (χ1n) is 7.39. The van der Waals surface area contributed by atoms with Gasteiger partial charge in [-0.25, -0.2) is 5.43 Å². The zero-order chi connectivity index (χ0) is 16.8.